The lowest BCUT2D eigenvalue weighted by Crippen LogP contribution is -2.58. The summed E-state index contributed by atoms with van der Waals surface area (Å²) in [5, 5.41) is 2.04. The predicted molar refractivity (Wildman–Crippen MR) is 137 cm³/mol. The molecule has 0 radical (unpaired) electrons. The average Bonchev–Trinajstić information content (AvgIpc) is 3.34. The van der Waals surface area contributed by atoms with Crippen molar-refractivity contribution in [1.29, 1.82) is 0 Å². The minimum absolute atomic E-state index is 0.0336. The van der Waals surface area contributed by atoms with Crippen LogP contribution in [-0.2, 0) is 15.2 Å². The van der Waals surface area contributed by atoms with E-state index in [1.54, 1.807) is 36.5 Å². The van der Waals surface area contributed by atoms with Gasteiger partial charge in [0.05, 0.1) is 20.3 Å². The number of carbonyl (C=O) groups excluding carboxylic acids is 1. The van der Waals surface area contributed by atoms with Gasteiger partial charge in [-0.1, -0.05) is 18.2 Å². The molecule has 5 rings (SSSR count). The number of imidazole rings is 1. The Kier molecular flexibility index (Phi) is 7.15. The molecule has 39 heavy (non-hydrogen) atoms. The third kappa shape index (κ3) is 4.88. The van der Waals surface area contributed by atoms with Crippen molar-refractivity contribution in [1.82, 2.24) is 19.7 Å². The Labute approximate surface area is 222 Å². The van der Waals surface area contributed by atoms with Crippen molar-refractivity contribution in [3.63, 3.8) is 0 Å². The average molecular weight is 542 g/mol. The number of ether oxygens (including phenoxy) is 3. The van der Waals surface area contributed by atoms with E-state index in [9.17, 15) is 18.0 Å². The number of benzene rings is 1. The van der Waals surface area contributed by atoms with Gasteiger partial charge >= 0.3 is 6.18 Å². The van der Waals surface area contributed by atoms with E-state index in [0.717, 1.165) is 31.6 Å². The molecule has 1 N–H and O–H groups in total. The van der Waals surface area contributed by atoms with Crippen LogP contribution in [0.4, 0.5) is 19.0 Å². The fourth-order valence-electron chi connectivity index (χ4n) is 4.55. The number of hydrogen-bond acceptors (Lipinski definition) is 7. The fraction of sp³-hybridized carbons (Fsp3) is 0.296. The number of nitrogens with zero attached hydrogens (tertiary/aromatic N) is 4. The van der Waals surface area contributed by atoms with E-state index in [1.165, 1.54) is 29.8 Å². The first kappa shape index (κ1) is 26.4. The van der Waals surface area contributed by atoms with Crippen LogP contribution in [0.3, 0.4) is 0 Å². The maximum Gasteiger partial charge on any atom is 0.443 e. The van der Waals surface area contributed by atoms with Crippen molar-refractivity contribution >= 4 is 17.4 Å². The van der Waals surface area contributed by atoms with Crippen molar-refractivity contribution in [2.45, 2.75) is 11.9 Å². The number of nitrogens with one attached hydrogen (secondary N) is 1. The van der Waals surface area contributed by atoms with Gasteiger partial charge in [-0.3, -0.25) is 9.20 Å². The highest BCUT2D eigenvalue weighted by Crippen LogP contribution is 2.44. The van der Waals surface area contributed by atoms with E-state index in [-0.39, 0.29) is 17.1 Å². The monoisotopic (exact) mass is 541 g/mol. The van der Waals surface area contributed by atoms with Gasteiger partial charge in [-0.25, -0.2) is 4.98 Å². The second-order valence-electron chi connectivity index (χ2n) is 8.82. The van der Waals surface area contributed by atoms with Crippen LogP contribution < -0.4 is 15.0 Å². The maximum atomic E-state index is 14.7. The van der Waals surface area contributed by atoms with Gasteiger partial charge in [0.1, 0.15) is 17.2 Å². The van der Waals surface area contributed by atoms with Crippen molar-refractivity contribution in [2.75, 3.05) is 45.4 Å². The largest absolute Gasteiger partial charge is 0.480 e. The molecule has 1 saturated heterocycles. The minimum atomic E-state index is -5.08. The minimum Gasteiger partial charge on any atom is -0.480 e. The number of halogens is 3. The van der Waals surface area contributed by atoms with Gasteiger partial charge in [0.2, 0.25) is 5.88 Å². The molecule has 204 valence electrons. The van der Waals surface area contributed by atoms with E-state index in [2.05, 4.69) is 14.9 Å². The summed E-state index contributed by atoms with van der Waals surface area (Å²) >= 11 is 0. The van der Waals surface area contributed by atoms with Crippen LogP contribution in [0.15, 0.2) is 67.0 Å². The highest BCUT2D eigenvalue weighted by molar-refractivity contribution is 5.94. The molecule has 0 aliphatic carbocycles. The third-order valence-corrected chi connectivity index (χ3v) is 6.57. The van der Waals surface area contributed by atoms with Gasteiger partial charge in [0.25, 0.3) is 11.6 Å². The number of pyridine rings is 2. The van der Waals surface area contributed by atoms with E-state index < -0.39 is 23.5 Å². The number of alkyl halides is 3. The lowest BCUT2D eigenvalue weighted by molar-refractivity contribution is -0.287. The van der Waals surface area contributed by atoms with Crippen LogP contribution in [0.1, 0.15) is 16.1 Å². The number of morpholine rings is 1. The highest BCUT2D eigenvalue weighted by atomic mass is 19.4. The molecule has 3 aromatic heterocycles. The van der Waals surface area contributed by atoms with Gasteiger partial charge in [0.15, 0.2) is 0 Å². The Morgan fingerprint density at radius 3 is 2.38 bits per heavy atom. The predicted octanol–water partition coefficient (Wildman–Crippen LogP) is 4.03. The first-order valence-corrected chi connectivity index (χ1v) is 12.1. The zero-order valence-corrected chi connectivity index (χ0v) is 21.2. The quantitative estimate of drug-likeness (QED) is 0.354. The maximum absolute atomic E-state index is 14.7. The molecule has 1 aromatic carbocycles. The third-order valence-electron chi connectivity index (χ3n) is 6.57. The number of aromatic nitrogens is 3. The summed E-state index contributed by atoms with van der Waals surface area (Å²) in [5.74, 6) is -0.507. The summed E-state index contributed by atoms with van der Waals surface area (Å²) in [6.07, 6.45) is -1.94. The number of fused-ring (bicyclic) bond motifs is 1. The Bertz CT molecular complexity index is 1450. The van der Waals surface area contributed by atoms with Crippen LogP contribution >= 0.6 is 0 Å². The number of anilines is 1. The van der Waals surface area contributed by atoms with Gasteiger partial charge in [-0.05, 0) is 42.0 Å². The number of rotatable bonds is 7. The van der Waals surface area contributed by atoms with Crippen molar-refractivity contribution in [3.05, 3.63) is 78.2 Å². The molecule has 4 heterocycles. The molecule has 1 fully saturated rings. The van der Waals surface area contributed by atoms with Crippen molar-refractivity contribution in [3.8, 4) is 17.0 Å². The van der Waals surface area contributed by atoms with Crippen LogP contribution in [-0.4, -0.2) is 67.0 Å². The highest BCUT2D eigenvalue weighted by Gasteiger charge is 2.62. The van der Waals surface area contributed by atoms with Crippen LogP contribution in [0, 0.1) is 0 Å². The van der Waals surface area contributed by atoms with Gasteiger partial charge in [-0.2, -0.15) is 18.2 Å². The first-order valence-electron chi connectivity index (χ1n) is 12.1. The molecular weight excluding hydrogens is 515 g/mol. The molecule has 0 bridgehead atoms. The second kappa shape index (κ2) is 10.5. The second-order valence-corrected chi connectivity index (χ2v) is 8.82. The van der Waals surface area contributed by atoms with E-state index in [1.807, 2.05) is 17.4 Å². The molecule has 1 atom stereocenters. The topological polar surface area (TPSA) is 90.2 Å². The molecule has 1 aliphatic heterocycles. The summed E-state index contributed by atoms with van der Waals surface area (Å²) in [7, 11) is 2.07. The standard InChI is InChI=1S/C27H26F3N5O4/c1-37-25-23(26(38-2,27(28,29)30)33-24(36)18-6-4-3-5-7-18)35-11-10-19(16-22(35)32-25)20-8-9-21(31-17-20)34-12-14-39-15-13-34/h3-11,16-17H,12-15H2,1-2H3,(H,33,36). The molecule has 1 unspecified atom stereocenters. The van der Waals surface area contributed by atoms with Gasteiger partial charge in [0, 0.05) is 43.7 Å². The summed E-state index contributed by atoms with van der Waals surface area (Å²) in [5.41, 5.74) is -2.14. The molecule has 0 spiro atoms. The van der Waals surface area contributed by atoms with E-state index in [0.29, 0.717) is 18.8 Å². The van der Waals surface area contributed by atoms with Crippen molar-refractivity contribution < 1.29 is 32.2 Å². The Hall–Kier alpha value is -4.16. The van der Waals surface area contributed by atoms with Gasteiger partial charge in [-0.15, -0.1) is 0 Å². The zero-order chi connectivity index (χ0) is 27.6. The van der Waals surface area contributed by atoms with Crippen molar-refractivity contribution in [2.24, 2.45) is 0 Å². The van der Waals surface area contributed by atoms with Crippen LogP contribution in [0.2, 0.25) is 0 Å². The zero-order valence-electron chi connectivity index (χ0n) is 21.2. The number of amides is 1. The SMILES string of the molecule is COc1nc2cc(-c3ccc(N4CCOCC4)nc3)ccn2c1C(NC(=O)c1ccccc1)(OC)C(F)(F)F. The smallest absolute Gasteiger partial charge is 0.443 e. The summed E-state index contributed by atoms with van der Waals surface area (Å²) in [6, 6.07) is 14.6. The summed E-state index contributed by atoms with van der Waals surface area (Å²) in [6.45, 7) is 2.76. The Morgan fingerprint density at radius 2 is 1.77 bits per heavy atom. The van der Waals surface area contributed by atoms with E-state index >= 15 is 0 Å². The molecule has 1 aliphatic rings. The Morgan fingerprint density at radius 1 is 1.03 bits per heavy atom. The number of methoxy groups -OCH3 is 2. The van der Waals surface area contributed by atoms with Crippen LogP contribution in [0.25, 0.3) is 16.8 Å². The van der Waals surface area contributed by atoms with E-state index in [4.69, 9.17) is 14.2 Å². The molecule has 0 saturated carbocycles. The lowest BCUT2D eigenvalue weighted by atomic mass is 10.1. The molecule has 9 nitrogen and oxygen atoms in total. The summed E-state index contributed by atoms with van der Waals surface area (Å²) in [4.78, 5) is 23.8. The fourth-order valence-corrected chi connectivity index (χ4v) is 4.55. The molecule has 1 amide bonds. The van der Waals surface area contributed by atoms with Crippen LogP contribution in [0.5, 0.6) is 5.88 Å². The lowest BCUT2D eigenvalue weighted by Gasteiger charge is -2.34. The Balaban J connectivity index is 1.55. The number of carbonyl (C=O) groups is 1. The molecular formula is C27H26F3N5O4. The van der Waals surface area contributed by atoms with Gasteiger partial charge < -0.3 is 24.4 Å². The normalized spacial score (nSPS) is 15.7. The molecule has 4 aromatic rings. The molecule has 12 heteroatoms. The number of hydrogen-bond donors (Lipinski definition) is 1. The summed E-state index contributed by atoms with van der Waals surface area (Å²) < 4.78 is 61.1. The first-order chi connectivity index (χ1) is 18.8.